The van der Waals surface area contributed by atoms with E-state index >= 15 is 0 Å². The molecular formula is C12H16ClN5. The Labute approximate surface area is 111 Å². The molecule has 2 aromatic heterocycles. The number of hydrogen-bond donors (Lipinski definition) is 0. The zero-order chi connectivity index (χ0) is 12.7. The number of hydrogen-bond acceptors (Lipinski definition) is 4. The zero-order valence-corrected chi connectivity index (χ0v) is 11.3. The van der Waals surface area contributed by atoms with Crippen molar-refractivity contribution in [1.82, 2.24) is 19.6 Å². The first-order valence-corrected chi connectivity index (χ1v) is 6.66. The molecule has 0 amide bonds. The van der Waals surface area contributed by atoms with Crippen molar-refractivity contribution < 1.29 is 0 Å². The summed E-state index contributed by atoms with van der Waals surface area (Å²) in [5.74, 6) is 2.23. The van der Waals surface area contributed by atoms with Crippen molar-refractivity contribution in [2.75, 3.05) is 11.4 Å². The predicted molar refractivity (Wildman–Crippen MR) is 71.0 cm³/mol. The summed E-state index contributed by atoms with van der Waals surface area (Å²) in [4.78, 5) is 10.6. The van der Waals surface area contributed by atoms with E-state index in [2.05, 4.69) is 33.8 Å². The van der Waals surface area contributed by atoms with Gasteiger partial charge in [-0.3, -0.25) is 0 Å². The molecule has 3 rings (SSSR count). The van der Waals surface area contributed by atoms with Crippen LogP contribution < -0.4 is 4.90 Å². The van der Waals surface area contributed by atoms with Crippen LogP contribution in [0.4, 0.5) is 5.82 Å². The van der Waals surface area contributed by atoms with Gasteiger partial charge in [0, 0.05) is 18.7 Å². The monoisotopic (exact) mass is 265 g/mol. The number of aromatic nitrogens is 4. The highest BCUT2D eigenvalue weighted by Gasteiger charge is 2.25. The molecule has 1 aliphatic heterocycles. The lowest BCUT2D eigenvalue weighted by atomic mass is 9.95. The molecule has 0 bridgehead atoms. The fourth-order valence-corrected chi connectivity index (χ4v) is 2.75. The number of piperidine rings is 1. The van der Waals surface area contributed by atoms with Gasteiger partial charge >= 0.3 is 0 Å². The molecule has 0 saturated carbocycles. The largest absolute Gasteiger partial charge is 0.353 e. The average molecular weight is 266 g/mol. The molecular weight excluding hydrogens is 250 g/mol. The van der Waals surface area contributed by atoms with E-state index < -0.39 is 0 Å². The molecule has 0 aromatic carbocycles. The van der Waals surface area contributed by atoms with E-state index in [1.165, 1.54) is 19.2 Å². The van der Waals surface area contributed by atoms with Crippen LogP contribution in [0.2, 0.25) is 5.15 Å². The maximum Gasteiger partial charge on any atom is 0.255 e. The van der Waals surface area contributed by atoms with Gasteiger partial charge < -0.3 is 4.90 Å². The van der Waals surface area contributed by atoms with E-state index in [1.807, 2.05) is 6.07 Å². The normalized spacial score (nSPS) is 24.7. The standard InChI is InChI=1S/C12H16ClN5/c1-8-3-4-9(2)17(6-8)11-5-10(13)16-12-14-7-15-18(11)12/h5,7-9H,3-4,6H2,1-2H3. The van der Waals surface area contributed by atoms with Crippen molar-refractivity contribution in [2.45, 2.75) is 32.7 Å². The molecule has 0 spiro atoms. The van der Waals surface area contributed by atoms with Crippen molar-refractivity contribution in [3.63, 3.8) is 0 Å². The molecule has 6 heteroatoms. The molecule has 5 nitrogen and oxygen atoms in total. The van der Waals surface area contributed by atoms with Gasteiger partial charge in [-0.15, -0.1) is 0 Å². The minimum atomic E-state index is 0.468. The van der Waals surface area contributed by atoms with Gasteiger partial charge in [0.2, 0.25) is 0 Å². The molecule has 2 aromatic rings. The number of fused-ring (bicyclic) bond motifs is 1. The summed E-state index contributed by atoms with van der Waals surface area (Å²) in [5.41, 5.74) is 0. The summed E-state index contributed by atoms with van der Waals surface area (Å²) in [6.45, 7) is 5.54. The second kappa shape index (κ2) is 4.39. The van der Waals surface area contributed by atoms with Crippen LogP contribution >= 0.6 is 11.6 Å². The summed E-state index contributed by atoms with van der Waals surface area (Å²) in [6, 6.07) is 2.37. The Hall–Kier alpha value is -1.36. The van der Waals surface area contributed by atoms with Crippen molar-refractivity contribution in [2.24, 2.45) is 5.92 Å². The fourth-order valence-electron chi connectivity index (χ4n) is 2.58. The fraction of sp³-hybridized carbons (Fsp3) is 0.583. The van der Waals surface area contributed by atoms with Crippen LogP contribution in [0.15, 0.2) is 12.4 Å². The first-order chi connectivity index (χ1) is 8.65. The third kappa shape index (κ3) is 1.92. The van der Waals surface area contributed by atoms with Gasteiger partial charge in [-0.05, 0) is 25.7 Å². The Morgan fingerprint density at radius 2 is 2.17 bits per heavy atom. The van der Waals surface area contributed by atoms with E-state index in [0.717, 1.165) is 12.4 Å². The molecule has 2 unspecified atom stereocenters. The molecule has 3 heterocycles. The van der Waals surface area contributed by atoms with E-state index in [1.54, 1.807) is 4.52 Å². The molecule has 1 saturated heterocycles. The van der Waals surface area contributed by atoms with Gasteiger partial charge in [-0.25, -0.2) is 0 Å². The Bertz CT molecular complexity index is 567. The van der Waals surface area contributed by atoms with Gasteiger partial charge in [-0.1, -0.05) is 18.5 Å². The number of rotatable bonds is 1. The smallest absolute Gasteiger partial charge is 0.255 e. The lowest BCUT2D eigenvalue weighted by molar-refractivity contribution is 0.386. The van der Waals surface area contributed by atoms with Crippen LogP contribution in [0, 0.1) is 5.92 Å². The Kier molecular flexibility index (Phi) is 2.86. The molecule has 1 aliphatic rings. The van der Waals surface area contributed by atoms with Gasteiger partial charge in [0.25, 0.3) is 5.78 Å². The quantitative estimate of drug-likeness (QED) is 0.743. The average Bonchev–Trinajstić information content (AvgIpc) is 2.79. The SMILES string of the molecule is CC1CCC(C)N(c2cc(Cl)nc3ncnn23)C1. The number of nitrogens with zero attached hydrogens (tertiary/aromatic N) is 5. The van der Waals surface area contributed by atoms with Crippen molar-refractivity contribution in [1.29, 1.82) is 0 Å². The topological polar surface area (TPSA) is 46.3 Å². The summed E-state index contributed by atoms with van der Waals surface area (Å²) in [5, 5.41) is 4.71. The molecule has 0 aliphatic carbocycles. The Balaban J connectivity index is 2.09. The number of halogens is 1. The number of anilines is 1. The highest BCUT2D eigenvalue weighted by molar-refractivity contribution is 6.29. The van der Waals surface area contributed by atoms with E-state index in [0.29, 0.717) is 22.9 Å². The maximum absolute atomic E-state index is 6.07. The lowest BCUT2D eigenvalue weighted by Gasteiger charge is -2.38. The second-order valence-corrected chi connectivity index (χ2v) is 5.48. The van der Waals surface area contributed by atoms with Crippen LogP contribution in [0.25, 0.3) is 5.78 Å². The van der Waals surface area contributed by atoms with Crippen LogP contribution in [0.5, 0.6) is 0 Å². The third-order valence-electron chi connectivity index (χ3n) is 3.61. The van der Waals surface area contributed by atoms with Crippen LogP contribution in [-0.2, 0) is 0 Å². The first kappa shape index (κ1) is 11.7. The molecule has 1 fully saturated rings. The minimum absolute atomic E-state index is 0.468. The van der Waals surface area contributed by atoms with Crippen molar-refractivity contribution in [3.8, 4) is 0 Å². The Morgan fingerprint density at radius 3 is 3.00 bits per heavy atom. The van der Waals surface area contributed by atoms with Gasteiger partial charge in [0.05, 0.1) is 0 Å². The first-order valence-electron chi connectivity index (χ1n) is 6.28. The molecule has 18 heavy (non-hydrogen) atoms. The predicted octanol–water partition coefficient (Wildman–Crippen LogP) is 2.40. The van der Waals surface area contributed by atoms with Crippen molar-refractivity contribution in [3.05, 3.63) is 17.5 Å². The molecule has 96 valence electrons. The van der Waals surface area contributed by atoms with Crippen LogP contribution in [0.3, 0.4) is 0 Å². The van der Waals surface area contributed by atoms with Gasteiger partial charge in [0.1, 0.15) is 17.3 Å². The summed E-state index contributed by atoms with van der Waals surface area (Å²) in [6.07, 6.45) is 3.98. The maximum atomic E-state index is 6.07. The van der Waals surface area contributed by atoms with Crippen molar-refractivity contribution >= 4 is 23.2 Å². The van der Waals surface area contributed by atoms with Crippen LogP contribution in [0.1, 0.15) is 26.7 Å². The minimum Gasteiger partial charge on any atom is -0.353 e. The highest BCUT2D eigenvalue weighted by atomic mass is 35.5. The molecule has 0 N–H and O–H groups in total. The zero-order valence-electron chi connectivity index (χ0n) is 10.5. The van der Waals surface area contributed by atoms with E-state index in [-0.39, 0.29) is 0 Å². The van der Waals surface area contributed by atoms with E-state index in [4.69, 9.17) is 11.6 Å². The summed E-state index contributed by atoms with van der Waals surface area (Å²) in [7, 11) is 0. The van der Waals surface area contributed by atoms with Gasteiger partial charge in [-0.2, -0.15) is 19.6 Å². The second-order valence-electron chi connectivity index (χ2n) is 5.09. The highest BCUT2D eigenvalue weighted by Crippen LogP contribution is 2.28. The Morgan fingerprint density at radius 1 is 1.33 bits per heavy atom. The lowest BCUT2D eigenvalue weighted by Crippen LogP contribution is -2.42. The van der Waals surface area contributed by atoms with E-state index in [9.17, 15) is 0 Å². The molecule has 0 radical (unpaired) electrons. The summed E-state index contributed by atoms with van der Waals surface area (Å²) >= 11 is 6.07. The van der Waals surface area contributed by atoms with Crippen LogP contribution in [-0.4, -0.2) is 32.2 Å². The van der Waals surface area contributed by atoms with Gasteiger partial charge in [0.15, 0.2) is 0 Å². The summed E-state index contributed by atoms with van der Waals surface area (Å²) < 4.78 is 1.76. The molecule has 2 atom stereocenters. The third-order valence-corrected chi connectivity index (χ3v) is 3.81.